The van der Waals surface area contributed by atoms with Crippen molar-refractivity contribution in [3.8, 4) is 16.9 Å². The second-order valence-electron chi connectivity index (χ2n) is 6.52. The van der Waals surface area contributed by atoms with E-state index in [9.17, 15) is 14.7 Å². The average molecular weight is 432 g/mol. The van der Waals surface area contributed by atoms with Crippen molar-refractivity contribution >= 4 is 33.6 Å². The van der Waals surface area contributed by atoms with Crippen LogP contribution in [0.3, 0.4) is 0 Å². The van der Waals surface area contributed by atoms with Gasteiger partial charge in [0.25, 0.3) is 5.79 Å². The van der Waals surface area contributed by atoms with Gasteiger partial charge in [0, 0.05) is 35.6 Å². The number of anilines is 1. The molecule has 0 radical (unpaired) electrons. The van der Waals surface area contributed by atoms with Crippen LogP contribution in [-0.2, 0) is 19.1 Å². The van der Waals surface area contributed by atoms with Gasteiger partial charge in [0.1, 0.15) is 5.75 Å². The lowest BCUT2D eigenvalue weighted by atomic mass is 10.0. The SMILES string of the molecule is Cc1ccc(-c2ccccc2O)c(NC=C2C(=O)OC(C)(C)OC2=O)c1Br. The van der Waals surface area contributed by atoms with Crippen molar-refractivity contribution in [1.29, 1.82) is 0 Å². The summed E-state index contributed by atoms with van der Waals surface area (Å²) in [7, 11) is 0. The van der Waals surface area contributed by atoms with E-state index in [1.807, 2.05) is 25.1 Å². The van der Waals surface area contributed by atoms with E-state index in [-0.39, 0.29) is 11.3 Å². The summed E-state index contributed by atoms with van der Waals surface area (Å²) >= 11 is 3.52. The number of phenolic OH excluding ortho intramolecular Hbond substituents is 1. The molecule has 0 bridgehead atoms. The Labute approximate surface area is 164 Å². The summed E-state index contributed by atoms with van der Waals surface area (Å²) < 4.78 is 10.9. The number of esters is 2. The number of carbonyl (C=O) groups excluding carboxylic acids is 2. The molecule has 7 heteroatoms. The van der Waals surface area contributed by atoms with Crippen molar-refractivity contribution in [2.24, 2.45) is 0 Å². The molecule has 1 heterocycles. The monoisotopic (exact) mass is 431 g/mol. The van der Waals surface area contributed by atoms with Crippen LogP contribution in [0, 0.1) is 6.92 Å². The third-order valence-corrected chi connectivity index (χ3v) is 5.03. The number of hydrogen-bond donors (Lipinski definition) is 2. The number of carbonyl (C=O) groups is 2. The topological polar surface area (TPSA) is 84.9 Å². The first kappa shape index (κ1) is 19.0. The number of cyclic esters (lactones) is 2. The van der Waals surface area contributed by atoms with Gasteiger partial charge in [-0.25, -0.2) is 9.59 Å². The molecule has 0 aromatic heterocycles. The summed E-state index contributed by atoms with van der Waals surface area (Å²) in [6.07, 6.45) is 1.25. The number of rotatable bonds is 3. The predicted octanol–water partition coefficient (Wildman–Crippen LogP) is 4.26. The molecule has 6 nitrogen and oxygen atoms in total. The minimum Gasteiger partial charge on any atom is -0.507 e. The van der Waals surface area contributed by atoms with Crippen molar-refractivity contribution in [3.05, 3.63) is 58.2 Å². The van der Waals surface area contributed by atoms with Crippen molar-refractivity contribution in [3.63, 3.8) is 0 Å². The maximum Gasteiger partial charge on any atom is 0.350 e. The molecule has 2 aromatic rings. The lowest BCUT2D eigenvalue weighted by molar-refractivity contribution is -0.222. The first-order valence-electron chi connectivity index (χ1n) is 8.20. The highest BCUT2D eigenvalue weighted by Crippen LogP contribution is 2.40. The fourth-order valence-corrected chi connectivity index (χ4v) is 3.13. The van der Waals surface area contributed by atoms with Gasteiger partial charge in [-0.1, -0.05) is 30.3 Å². The van der Waals surface area contributed by atoms with Crippen molar-refractivity contribution < 1.29 is 24.2 Å². The van der Waals surface area contributed by atoms with Gasteiger partial charge in [0.15, 0.2) is 5.57 Å². The summed E-state index contributed by atoms with van der Waals surface area (Å²) in [6, 6.07) is 10.6. The molecule has 3 rings (SSSR count). The first-order chi connectivity index (χ1) is 12.7. The molecule has 1 aliphatic heterocycles. The Morgan fingerprint density at radius 3 is 2.30 bits per heavy atom. The van der Waals surface area contributed by atoms with Gasteiger partial charge in [-0.2, -0.15) is 0 Å². The molecule has 0 atom stereocenters. The highest BCUT2D eigenvalue weighted by atomic mass is 79.9. The molecule has 27 heavy (non-hydrogen) atoms. The molecule has 2 aromatic carbocycles. The van der Waals surface area contributed by atoms with Crippen LogP contribution in [-0.4, -0.2) is 22.8 Å². The van der Waals surface area contributed by atoms with E-state index in [1.54, 1.807) is 18.2 Å². The molecule has 1 aliphatic rings. The van der Waals surface area contributed by atoms with Crippen LogP contribution in [0.4, 0.5) is 5.69 Å². The van der Waals surface area contributed by atoms with E-state index in [1.165, 1.54) is 20.0 Å². The quantitative estimate of drug-likeness (QED) is 0.428. The molecular formula is C20H18BrNO5. The van der Waals surface area contributed by atoms with E-state index in [0.29, 0.717) is 16.8 Å². The van der Waals surface area contributed by atoms with Crippen LogP contribution in [0.2, 0.25) is 0 Å². The van der Waals surface area contributed by atoms with Gasteiger partial charge in [-0.15, -0.1) is 0 Å². The molecule has 2 N–H and O–H groups in total. The highest BCUT2D eigenvalue weighted by Gasteiger charge is 2.39. The number of benzene rings is 2. The molecule has 0 amide bonds. The van der Waals surface area contributed by atoms with E-state index >= 15 is 0 Å². The molecule has 1 saturated heterocycles. The fraction of sp³-hybridized carbons (Fsp3) is 0.200. The third-order valence-electron chi connectivity index (χ3n) is 4.01. The van der Waals surface area contributed by atoms with Gasteiger partial charge < -0.3 is 19.9 Å². The largest absolute Gasteiger partial charge is 0.507 e. The first-order valence-corrected chi connectivity index (χ1v) is 9.00. The van der Waals surface area contributed by atoms with E-state index < -0.39 is 17.7 Å². The molecule has 0 unspecified atom stereocenters. The van der Waals surface area contributed by atoms with Crippen LogP contribution in [0.5, 0.6) is 5.75 Å². The molecule has 0 saturated carbocycles. The average Bonchev–Trinajstić information content (AvgIpc) is 2.57. The van der Waals surface area contributed by atoms with Gasteiger partial charge in [0.05, 0.1) is 5.69 Å². The molecule has 0 spiro atoms. The zero-order chi connectivity index (χ0) is 19.8. The number of halogens is 1. The Bertz CT molecular complexity index is 943. The van der Waals surface area contributed by atoms with Crippen LogP contribution >= 0.6 is 15.9 Å². The number of nitrogens with one attached hydrogen (secondary N) is 1. The number of phenols is 1. The molecule has 0 aliphatic carbocycles. The number of aryl methyl sites for hydroxylation is 1. The van der Waals surface area contributed by atoms with Crippen LogP contribution < -0.4 is 5.32 Å². The lowest BCUT2D eigenvalue weighted by Gasteiger charge is -2.29. The van der Waals surface area contributed by atoms with E-state index in [0.717, 1.165) is 10.0 Å². The Morgan fingerprint density at radius 2 is 1.67 bits per heavy atom. The number of para-hydroxylation sites is 1. The Hall–Kier alpha value is -2.80. The Balaban J connectivity index is 2.03. The van der Waals surface area contributed by atoms with E-state index in [4.69, 9.17) is 9.47 Å². The Kier molecular flexibility index (Phi) is 4.97. The maximum absolute atomic E-state index is 12.1. The predicted molar refractivity (Wildman–Crippen MR) is 104 cm³/mol. The van der Waals surface area contributed by atoms with Gasteiger partial charge in [-0.3, -0.25) is 0 Å². The minimum absolute atomic E-state index is 0.113. The van der Waals surface area contributed by atoms with E-state index in [2.05, 4.69) is 21.2 Å². The highest BCUT2D eigenvalue weighted by molar-refractivity contribution is 9.10. The lowest BCUT2D eigenvalue weighted by Crippen LogP contribution is -2.42. The maximum atomic E-state index is 12.1. The van der Waals surface area contributed by atoms with Gasteiger partial charge in [-0.05, 0) is 34.5 Å². The second kappa shape index (κ2) is 7.08. The summed E-state index contributed by atoms with van der Waals surface area (Å²) in [6.45, 7) is 4.88. The molecule has 140 valence electrons. The normalized spacial score (nSPS) is 15.8. The number of hydrogen-bond acceptors (Lipinski definition) is 6. The summed E-state index contributed by atoms with van der Waals surface area (Å²) in [5, 5.41) is 13.2. The third kappa shape index (κ3) is 3.83. The standard InChI is InChI=1S/C20H18BrNO5/c1-11-8-9-13(12-6-4-5-7-15(12)23)17(16(11)21)22-10-14-18(24)26-20(2,3)27-19(14)25/h4-10,22-23H,1-3H3. The number of aromatic hydroxyl groups is 1. The van der Waals surface area contributed by atoms with Crippen LogP contribution in [0.25, 0.3) is 11.1 Å². The fourth-order valence-electron chi connectivity index (χ4n) is 2.67. The van der Waals surface area contributed by atoms with Crippen LogP contribution in [0.15, 0.2) is 52.6 Å². The summed E-state index contributed by atoms with van der Waals surface area (Å²) in [5.41, 5.74) is 2.58. The molecule has 1 fully saturated rings. The smallest absolute Gasteiger partial charge is 0.350 e. The van der Waals surface area contributed by atoms with Crippen molar-refractivity contribution in [2.45, 2.75) is 26.6 Å². The number of ether oxygens (including phenoxy) is 2. The zero-order valence-electron chi connectivity index (χ0n) is 15.0. The molecular weight excluding hydrogens is 414 g/mol. The van der Waals surface area contributed by atoms with Crippen LogP contribution in [0.1, 0.15) is 19.4 Å². The Morgan fingerprint density at radius 1 is 1.04 bits per heavy atom. The van der Waals surface area contributed by atoms with Crippen molar-refractivity contribution in [1.82, 2.24) is 0 Å². The van der Waals surface area contributed by atoms with Crippen molar-refractivity contribution in [2.75, 3.05) is 5.32 Å². The van der Waals surface area contributed by atoms with Gasteiger partial charge >= 0.3 is 11.9 Å². The summed E-state index contributed by atoms with van der Waals surface area (Å²) in [4.78, 5) is 24.2. The minimum atomic E-state index is -1.30. The second-order valence-corrected chi connectivity index (χ2v) is 7.31. The summed E-state index contributed by atoms with van der Waals surface area (Å²) in [5.74, 6) is -2.72. The zero-order valence-corrected chi connectivity index (χ0v) is 16.6. The van der Waals surface area contributed by atoms with Gasteiger partial charge in [0.2, 0.25) is 0 Å².